The number of hydrogen-bond acceptors (Lipinski definition) is 7. The largest absolute Gasteiger partial charge is 0.493 e. The second-order valence-electron chi connectivity index (χ2n) is 6.38. The van der Waals surface area contributed by atoms with Crippen LogP contribution < -0.4 is 9.47 Å². The SMILES string of the molecule is COCCOc1ccc(C(=O)/C=C/c2ccc(-c3ccccc3[N+](=O)[O-])o2)cc1OC. The third-order valence-corrected chi connectivity index (χ3v) is 4.39. The van der Waals surface area contributed by atoms with Crippen molar-refractivity contribution >= 4 is 17.5 Å². The molecular weight excluding hydrogens is 402 g/mol. The number of hydrogen-bond donors (Lipinski definition) is 0. The zero-order valence-corrected chi connectivity index (χ0v) is 17.1. The summed E-state index contributed by atoms with van der Waals surface area (Å²) in [6.45, 7) is 0.796. The third-order valence-electron chi connectivity index (χ3n) is 4.39. The number of ketones is 1. The number of allylic oxidation sites excluding steroid dienone is 1. The third kappa shape index (κ3) is 5.37. The lowest BCUT2D eigenvalue weighted by molar-refractivity contribution is -0.384. The van der Waals surface area contributed by atoms with Crippen LogP contribution in [-0.4, -0.2) is 38.1 Å². The lowest BCUT2D eigenvalue weighted by Gasteiger charge is -2.11. The number of furan rings is 1. The fourth-order valence-corrected chi connectivity index (χ4v) is 2.86. The standard InChI is InChI=1S/C23H21NO7/c1-28-13-14-30-22-11-7-16(15-23(22)29-2)20(25)10-8-17-9-12-21(31-17)18-5-3-4-6-19(18)24(26)27/h3-12,15H,13-14H2,1-2H3/b10-8+. The maximum atomic E-state index is 12.5. The molecule has 0 amide bonds. The van der Waals surface area contributed by atoms with E-state index in [2.05, 4.69) is 0 Å². The first-order valence-electron chi connectivity index (χ1n) is 9.39. The maximum Gasteiger partial charge on any atom is 0.280 e. The number of rotatable bonds is 10. The van der Waals surface area contributed by atoms with Crippen molar-refractivity contribution in [1.82, 2.24) is 0 Å². The first-order chi connectivity index (χ1) is 15.0. The van der Waals surface area contributed by atoms with Crippen molar-refractivity contribution < 1.29 is 28.3 Å². The van der Waals surface area contributed by atoms with E-state index in [0.717, 1.165) is 0 Å². The van der Waals surface area contributed by atoms with Crippen LogP contribution in [0.25, 0.3) is 17.4 Å². The molecule has 3 rings (SSSR count). The highest BCUT2D eigenvalue weighted by Gasteiger charge is 2.17. The molecule has 8 heteroatoms. The first kappa shape index (κ1) is 21.8. The normalized spacial score (nSPS) is 10.9. The second kappa shape index (κ2) is 10.2. The van der Waals surface area contributed by atoms with Gasteiger partial charge in [0.15, 0.2) is 17.3 Å². The topological polar surface area (TPSA) is 101 Å². The Labute approximate surface area is 178 Å². The molecule has 0 saturated heterocycles. The van der Waals surface area contributed by atoms with Crippen LogP contribution >= 0.6 is 0 Å². The van der Waals surface area contributed by atoms with Gasteiger partial charge < -0.3 is 18.6 Å². The average molecular weight is 423 g/mol. The summed E-state index contributed by atoms with van der Waals surface area (Å²) in [4.78, 5) is 23.3. The summed E-state index contributed by atoms with van der Waals surface area (Å²) < 4.78 is 21.5. The Morgan fingerprint density at radius 3 is 2.61 bits per heavy atom. The van der Waals surface area contributed by atoms with Crippen molar-refractivity contribution in [3.63, 3.8) is 0 Å². The summed E-state index contributed by atoms with van der Waals surface area (Å²) in [5.74, 6) is 1.43. The summed E-state index contributed by atoms with van der Waals surface area (Å²) in [5, 5.41) is 11.2. The quantitative estimate of drug-likeness (QED) is 0.152. The van der Waals surface area contributed by atoms with Crippen LogP contribution in [0.15, 0.2) is 65.1 Å². The summed E-state index contributed by atoms with van der Waals surface area (Å²) >= 11 is 0. The van der Waals surface area contributed by atoms with Crippen molar-refractivity contribution in [1.29, 1.82) is 0 Å². The van der Waals surface area contributed by atoms with Gasteiger partial charge in [-0.15, -0.1) is 0 Å². The number of benzene rings is 2. The molecule has 160 valence electrons. The minimum atomic E-state index is -0.465. The number of nitro benzene ring substituents is 1. The Morgan fingerprint density at radius 1 is 1.06 bits per heavy atom. The highest BCUT2D eigenvalue weighted by atomic mass is 16.6. The predicted molar refractivity (Wildman–Crippen MR) is 115 cm³/mol. The van der Waals surface area contributed by atoms with Crippen molar-refractivity contribution in [2.24, 2.45) is 0 Å². The van der Waals surface area contributed by atoms with Gasteiger partial charge in [0.05, 0.1) is 24.2 Å². The Hall–Kier alpha value is -3.91. The highest BCUT2D eigenvalue weighted by molar-refractivity contribution is 6.07. The van der Waals surface area contributed by atoms with Gasteiger partial charge in [-0.3, -0.25) is 14.9 Å². The van der Waals surface area contributed by atoms with E-state index in [-0.39, 0.29) is 11.5 Å². The molecule has 31 heavy (non-hydrogen) atoms. The van der Waals surface area contributed by atoms with Crippen LogP contribution in [0, 0.1) is 10.1 Å². The monoisotopic (exact) mass is 423 g/mol. The maximum absolute atomic E-state index is 12.5. The Morgan fingerprint density at radius 2 is 1.87 bits per heavy atom. The number of nitro groups is 1. The molecule has 1 aromatic heterocycles. The molecule has 3 aromatic rings. The Bertz CT molecular complexity index is 1100. The van der Waals surface area contributed by atoms with Gasteiger partial charge in [0.2, 0.25) is 0 Å². The van der Waals surface area contributed by atoms with Gasteiger partial charge in [0.1, 0.15) is 18.1 Å². The van der Waals surface area contributed by atoms with Crippen LogP contribution in [-0.2, 0) is 4.74 Å². The van der Waals surface area contributed by atoms with E-state index in [9.17, 15) is 14.9 Å². The molecule has 0 bridgehead atoms. The fraction of sp³-hybridized carbons (Fsp3) is 0.174. The van der Waals surface area contributed by atoms with Crippen LogP contribution in [0.2, 0.25) is 0 Å². The van der Waals surface area contributed by atoms with Gasteiger partial charge in [0, 0.05) is 18.7 Å². The molecule has 1 heterocycles. The number of carbonyl (C=O) groups excluding carboxylic acids is 1. The van der Waals surface area contributed by atoms with Gasteiger partial charge in [-0.25, -0.2) is 0 Å². The van der Waals surface area contributed by atoms with Crippen molar-refractivity contribution in [3.05, 3.63) is 82.1 Å². The van der Waals surface area contributed by atoms with Gasteiger partial charge in [-0.05, 0) is 48.6 Å². The zero-order valence-electron chi connectivity index (χ0n) is 17.1. The smallest absolute Gasteiger partial charge is 0.280 e. The molecule has 0 aliphatic heterocycles. The van der Waals surface area contributed by atoms with Gasteiger partial charge in [-0.1, -0.05) is 12.1 Å². The number of para-hydroxylation sites is 1. The zero-order chi connectivity index (χ0) is 22.2. The second-order valence-corrected chi connectivity index (χ2v) is 6.38. The molecule has 0 saturated carbocycles. The number of ether oxygens (including phenoxy) is 3. The fourth-order valence-electron chi connectivity index (χ4n) is 2.86. The average Bonchev–Trinajstić information content (AvgIpc) is 3.26. The van der Waals surface area contributed by atoms with Gasteiger partial charge in [-0.2, -0.15) is 0 Å². The molecule has 0 radical (unpaired) electrons. The van der Waals surface area contributed by atoms with E-state index in [1.54, 1.807) is 55.6 Å². The van der Waals surface area contributed by atoms with Crippen LogP contribution in [0.5, 0.6) is 11.5 Å². The molecule has 8 nitrogen and oxygen atoms in total. The summed E-state index contributed by atoms with van der Waals surface area (Å²) in [6.07, 6.45) is 2.87. The molecule has 0 aliphatic carbocycles. The number of carbonyl (C=O) groups is 1. The lowest BCUT2D eigenvalue weighted by Crippen LogP contribution is -2.06. The van der Waals surface area contributed by atoms with Gasteiger partial charge in [0.25, 0.3) is 5.69 Å². The van der Waals surface area contributed by atoms with Crippen molar-refractivity contribution in [2.75, 3.05) is 27.4 Å². The number of nitrogens with zero attached hydrogens (tertiary/aromatic N) is 1. The molecule has 0 unspecified atom stereocenters. The van der Waals surface area contributed by atoms with E-state index < -0.39 is 4.92 Å². The lowest BCUT2D eigenvalue weighted by atomic mass is 10.1. The van der Waals surface area contributed by atoms with E-state index >= 15 is 0 Å². The molecule has 0 N–H and O–H groups in total. The number of methoxy groups -OCH3 is 2. The van der Waals surface area contributed by atoms with Crippen molar-refractivity contribution in [3.8, 4) is 22.8 Å². The molecule has 0 atom stereocenters. The Kier molecular flexibility index (Phi) is 7.18. The van der Waals surface area contributed by atoms with E-state index in [1.807, 2.05) is 0 Å². The molecule has 0 aliphatic rings. The minimum Gasteiger partial charge on any atom is -0.493 e. The Balaban J connectivity index is 1.74. The van der Waals surface area contributed by atoms with E-state index in [4.69, 9.17) is 18.6 Å². The molecular formula is C23H21NO7. The van der Waals surface area contributed by atoms with Crippen LogP contribution in [0.4, 0.5) is 5.69 Å². The summed E-state index contributed by atoms with van der Waals surface area (Å²) in [5.41, 5.74) is 0.730. The van der Waals surface area contributed by atoms with Crippen LogP contribution in [0.3, 0.4) is 0 Å². The summed E-state index contributed by atoms with van der Waals surface area (Å²) in [6, 6.07) is 14.5. The molecule has 2 aromatic carbocycles. The molecule has 0 spiro atoms. The van der Waals surface area contributed by atoms with Crippen LogP contribution in [0.1, 0.15) is 16.1 Å². The highest BCUT2D eigenvalue weighted by Crippen LogP contribution is 2.31. The minimum absolute atomic E-state index is 0.0524. The predicted octanol–water partition coefficient (Wildman–Crippen LogP) is 4.78. The van der Waals surface area contributed by atoms with Gasteiger partial charge >= 0.3 is 0 Å². The molecule has 0 fully saturated rings. The van der Waals surface area contributed by atoms with E-state index in [1.165, 1.54) is 25.3 Å². The van der Waals surface area contributed by atoms with E-state index in [0.29, 0.717) is 47.4 Å². The van der Waals surface area contributed by atoms with Crippen molar-refractivity contribution in [2.45, 2.75) is 0 Å². The first-order valence-corrected chi connectivity index (χ1v) is 9.39. The summed E-state index contributed by atoms with van der Waals surface area (Å²) in [7, 11) is 3.08.